The molecule has 0 fully saturated rings. The summed E-state index contributed by atoms with van der Waals surface area (Å²) in [7, 11) is 1.41. The molecule has 1 unspecified atom stereocenters. The molecule has 0 aliphatic heterocycles. The number of carbonyl (C=O) groups excluding carboxylic acids is 1. The van der Waals surface area contributed by atoms with E-state index in [-0.39, 0.29) is 16.1 Å². The van der Waals surface area contributed by atoms with Crippen molar-refractivity contribution in [1.29, 1.82) is 0 Å². The topological polar surface area (TPSA) is 113 Å². The molecule has 8 nitrogen and oxygen atoms in total. The van der Waals surface area contributed by atoms with Crippen LogP contribution in [0.2, 0.25) is 0 Å². The molecular weight excluding hydrogens is 457 g/mol. The second-order valence-corrected chi connectivity index (χ2v) is 9.30. The van der Waals surface area contributed by atoms with Crippen molar-refractivity contribution in [2.45, 2.75) is 69.2 Å². The fraction of sp³-hybridized carbons (Fsp3) is 0.458. The lowest BCUT2D eigenvalue weighted by molar-refractivity contribution is -0.117. The second-order valence-electron chi connectivity index (χ2n) is 8.20. The molecule has 0 bridgehead atoms. The van der Waals surface area contributed by atoms with Crippen LogP contribution in [0, 0.1) is 5.82 Å². The van der Waals surface area contributed by atoms with Crippen LogP contribution in [0.5, 0.6) is 0 Å². The number of halogens is 1. The summed E-state index contributed by atoms with van der Waals surface area (Å²) in [5, 5.41) is -0.441. The Labute approximate surface area is 201 Å². The average molecular weight is 488 g/mol. The van der Waals surface area contributed by atoms with Crippen LogP contribution >= 0.6 is 11.8 Å². The number of aryl methyl sites for hydroxylation is 2. The number of rotatable bonds is 11. The van der Waals surface area contributed by atoms with E-state index in [9.17, 15) is 18.8 Å². The summed E-state index contributed by atoms with van der Waals surface area (Å²) in [4.78, 5) is 47.6. The zero-order chi connectivity index (χ0) is 24.8. The minimum Gasteiger partial charge on any atom is -0.368 e. The standard InChI is InChI=1S/C24H30FN5O3S/c1-4-6-7-8-9-17-27-21-18(23(32)29(3)24(33)30(21)14-5-2)22(28-17)34-19(20(26)31)15-10-12-16(25)13-11-15/h10-13,19H,4-9,14H2,1-3H3,(H2,26,31). The van der Waals surface area contributed by atoms with Gasteiger partial charge < -0.3 is 5.73 Å². The Morgan fingerprint density at radius 3 is 2.41 bits per heavy atom. The average Bonchev–Trinajstić information content (AvgIpc) is 2.82. The van der Waals surface area contributed by atoms with Crippen LogP contribution in [0.1, 0.15) is 62.6 Å². The fourth-order valence-corrected chi connectivity index (χ4v) is 4.84. The third kappa shape index (κ3) is 5.55. The molecule has 0 aliphatic rings. The van der Waals surface area contributed by atoms with Crippen LogP contribution < -0.4 is 17.0 Å². The van der Waals surface area contributed by atoms with Crippen LogP contribution in [0.25, 0.3) is 11.0 Å². The molecule has 0 saturated heterocycles. The zero-order valence-corrected chi connectivity index (χ0v) is 20.5. The van der Waals surface area contributed by atoms with Gasteiger partial charge in [-0.2, -0.15) is 0 Å². The highest BCUT2D eigenvalue weighted by molar-refractivity contribution is 8.00. The van der Waals surface area contributed by atoms with Gasteiger partial charge >= 0.3 is 5.69 Å². The maximum absolute atomic E-state index is 13.4. The van der Waals surface area contributed by atoms with Crippen molar-refractivity contribution in [2.75, 3.05) is 0 Å². The summed E-state index contributed by atoms with van der Waals surface area (Å²) < 4.78 is 16.0. The summed E-state index contributed by atoms with van der Waals surface area (Å²) in [6.07, 6.45) is 5.30. The van der Waals surface area contributed by atoms with Gasteiger partial charge in [0.1, 0.15) is 27.3 Å². The van der Waals surface area contributed by atoms with E-state index in [1.165, 1.54) is 35.9 Å². The van der Waals surface area contributed by atoms with Crippen molar-refractivity contribution in [3.8, 4) is 0 Å². The molecule has 0 aliphatic carbocycles. The van der Waals surface area contributed by atoms with E-state index in [1.54, 1.807) is 0 Å². The lowest BCUT2D eigenvalue weighted by Crippen LogP contribution is -2.39. The number of aromatic nitrogens is 4. The van der Waals surface area contributed by atoms with Gasteiger partial charge in [0.2, 0.25) is 5.91 Å². The van der Waals surface area contributed by atoms with E-state index in [1.807, 2.05) is 6.92 Å². The predicted octanol–water partition coefficient (Wildman–Crippen LogP) is 3.48. The number of thioether (sulfide) groups is 1. The van der Waals surface area contributed by atoms with E-state index in [0.29, 0.717) is 30.8 Å². The Morgan fingerprint density at radius 1 is 1.09 bits per heavy atom. The van der Waals surface area contributed by atoms with Gasteiger partial charge in [-0.3, -0.25) is 18.7 Å². The van der Waals surface area contributed by atoms with Gasteiger partial charge in [-0.25, -0.2) is 19.2 Å². The number of amides is 1. The zero-order valence-electron chi connectivity index (χ0n) is 19.7. The summed E-state index contributed by atoms with van der Waals surface area (Å²) in [5.41, 5.74) is 5.46. The molecule has 0 spiro atoms. The summed E-state index contributed by atoms with van der Waals surface area (Å²) in [6.45, 7) is 4.44. The number of fused-ring (bicyclic) bond motifs is 1. The Morgan fingerprint density at radius 2 is 1.79 bits per heavy atom. The summed E-state index contributed by atoms with van der Waals surface area (Å²) >= 11 is 1.02. The molecule has 2 N–H and O–H groups in total. The van der Waals surface area contributed by atoms with Gasteiger partial charge in [-0.15, -0.1) is 0 Å². The molecule has 2 heterocycles. The molecule has 34 heavy (non-hydrogen) atoms. The van der Waals surface area contributed by atoms with Crippen molar-refractivity contribution < 1.29 is 9.18 Å². The monoisotopic (exact) mass is 487 g/mol. The molecule has 3 aromatic rings. The van der Waals surface area contributed by atoms with Crippen LogP contribution in [-0.2, 0) is 24.8 Å². The Kier molecular flexibility index (Phi) is 8.60. The molecule has 0 saturated carbocycles. The molecule has 182 valence electrons. The van der Waals surface area contributed by atoms with Gasteiger partial charge in [0.05, 0.1) is 0 Å². The molecule has 0 radical (unpaired) electrons. The first-order valence-electron chi connectivity index (χ1n) is 11.5. The molecule has 10 heteroatoms. The quantitative estimate of drug-likeness (QED) is 0.252. The number of unbranched alkanes of at least 4 members (excludes halogenated alkanes) is 3. The van der Waals surface area contributed by atoms with Gasteiger partial charge in [0.25, 0.3) is 5.56 Å². The van der Waals surface area contributed by atoms with Gasteiger partial charge in [-0.05, 0) is 30.5 Å². The van der Waals surface area contributed by atoms with Gasteiger partial charge in [0.15, 0.2) is 5.65 Å². The minimum atomic E-state index is -0.900. The smallest absolute Gasteiger partial charge is 0.332 e. The van der Waals surface area contributed by atoms with Crippen molar-refractivity contribution >= 4 is 28.7 Å². The van der Waals surface area contributed by atoms with Crippen molar-refractivity contribution in [1.82, 2.24) is 19.1 Å². The molecular formula is C24H30FN5O3S. The number of hydrogen-bond donors (Lipinski definition) is 1. The van der Waals surface area contributed by atoms with Crippen LogP contribution in [0.4, 0.5) is 4.39 Å². The van der Waals surface area contributed by atoms with E-state index >= 15 is 0 Å². The number of nitrogens with two attached hydrogens (primary N) is 1. The highest BCUT2D eigenvalue weighted by Gasteiger charge is 2.25. The van der Waals surface area contributed by atoms with Crippen molar-refractivity contribution in [3.05, 3.63) is 62.3 Å². The lowest BCUT2D eigenvalue weighted by Gasteiger charge is -2.17. The Balaban J connectivity index is 2.20. The van der Waals surface area contributed by atoms with Crippen LogP contribution in [0.3, 0.4) is 0 Å². The van der Waals surface area contributed by atoms with E-state index in [4.69, 9.17) is 5.73 Å². The summed E-state index contributed by atoms with van der Waals surface area (Å²) in [6, 6.07) is 5.47. The third-order valence-electron chi connectivity index (χ3n) is 5.56. The Bertz CT molecular complexity index is 1290. The number of benzene rings is 1. The highest BCUT2D eigenvalue weighted by Crippen LogP contribution is 2.36. The molecule has 1 aromatic carbocycles. The van der Waals surface area contributed by atoms with Gasteiger partial charge in [-0.1, -0.05) is 57.0 Å². The van der Waals surface area contributed by atoms with Crippen LogP contribution in [-0.4, -0.2) is 25.0 Å². The second kappa shape index (κ2) is 11.4. The normalized spacial score (nSPS) is 12.2. The van der Waals surface area contributed by atoms with Gasteiger partial charge in [0, 0.05) is 20.0 Å². The van der Waals surface area contributed by atoms with Crippen molar-refractivity contribution in [2.24, 2.45) is 12.8 Å². The number of primary amides is 1. The molecule has 3 rings (SSSR count). The number of nitrogens with zero attached hydrogens (tertiary/aromatic N) is 4. The van der Waals surface area contributed by atoms with E-state index < -0.39 is 28.2 Å². The first-order valence-corrected chi connectivity index (χ1v) is 12.4. The first kappa shape index (κ1) is 25.6. The van der Waals surface area contributed by atoms with Crippen molar-refractivity contribution in [3.63, 3.8) is 0 Å². The minimum absolute atomic E-state index is 0.172. The SMILES string of the molecule is CCCCCCc1nc(SC(C(N)=O)c2ccc(F)cc2)c2c(=O)n(C)c(=O)n(CCC)c2n1. The number of hydrogen-bond acceptors (Lipinski definition) is 6. The number of carbonyl (C=O) groups is 1. The van der Waals surface area contributed by atoms with Crippen LogP contribution in [0.15, 0.2) is 38.9 Å². The largest absolute Gasteiger partial charge is 0.368 e. The third-order valence-corrected chi connectivity index (χ3v) is 6.82. The first-order chi connectivity index (χ1) is 16.3. The van der Waals surface area contributed by atoms with E-state index in [2.05, 4.69) is 16.9 Å². The maximum atomic E-state index is 13.4. The Hall–Kier alpha value is -3.01. The fourth-order valence-electron chi connectivity index (χ4n) is 3.75. The molecule has 2 aromatic heterocycles. The van der Waals surface area contributed by atoms with E-state index in [0.717, 1.165) is 42.0 Å². The highest BCUT2D eigenvalue weighted by atomic mass is 32.2. The summed E-state index contributed by atoms with van der Waals surface area (Å²) in [5.74, 6) is -0.575. The molecule has 1 amide bonds. The lowest BCUT2D eigenvalue weighted by atomic mass is 10.1. The maximum Gasteiger partial charge on any atom is 0.332 e. The molecule has 1 atom stereocenters. The predicted molar refractivity (Wildman–Crippen MR) is 131 cm³/mol.